The lowest BCUT2D eigenvalue weighted by Crippen LogP contribution is -2.25. The average molecular weight is 521 g/mol. The van der Waals surface area contributed by atoms with Crippen LogP contribution in [0.5, 0.6) is 17.2 Å². The number of carbonyl (C=O) groups is 3. The minimum atomic E-state index is -0.428. The number of benzene rings is 3. The standard InChI is InChI=1S/C27H28N4O5S/c1-15-10-20(11-16(2)25(15)28)36-19-8-9-21(22(13-19)29-3)30-24(32)14-35-18-6-4-17(5-7-18)12-23-26(33)31-27(34)37-23/h4-11,13,23,29H,12,14,28H2,1-3H3,(H,30,32)(H,31,33,34). The Morgan fingerprint density at radius 2 is 1.65 bits per heavy atom. The molecule has 192 valence electrons. The number of amides is 3. The van der Waals surface area contributed by atoms with Gasteiger partial charge in [0.1, 0.15) is 17.2 Å². The number of anilines is 3. The van der Waals surface area contributed by atoms with Crippen molar-refractivity contribution >= 4 is 45.9 Å². The summed E-state index contributed by atoms with van der Waals surface area (Å²) in [5.74, 6) is 1.21. The van der Waals surface area contributed by atoms with Gasteiger partial charge in [-0.3, -0.25) is 19.7 Å². The highest BCUT2D eigenvalue weighted by Gasteiger charge is 2.31. The molecule has 3 aromatic carbocycles. The van der Waals surface area contributed by atoms with Crippen molar-refractivity contribution in [3.05, 3.63) is 71.3 Å². The first-order chi connectivity index (χ1) is 17.7. The van der Waals surface area contributed by atoms with Crippen LogP contribution in [0.3, 0.4) is 0 Å². The highest BCUT2D eigenvalue weighted by atomic mass is 32.2. The Hall–Kier alpha value is -4.18. The van der Waals surface area contributed by atoms with Crippen molar-refractivity contribution in [2.75, 3.05) is 30.0 Å². The van der Waals surface area contributed by atoms with E-state index in [0.717, 1.165) is 34.1 Å². The number of rotatable bonds is 9. The fourth-order valence-corrected chi connectivity index (χ4v) is 4.69. The zero-order chi connectivity index (χ0) is 26.5. The molecule has 4 rings (SSSR count). The first-order valence-corrected chi connectivity index (χ1v) is 12.5. The van der Waals surface area contributed by atoms with Gasteiger partial charge in [-0.05, 0) is 73.4 Å². The summed E-state index contributed by atoms with van der Waals surface area (Å²) in [6.07, 6.45) is 0.438. The summed E-state index contributed by atoms with van der Waals surface area (Å²) in [6.45, 7) is 3.68. The van der Waals surface area contributed by atoms with Gasteiger partial charge in [-0.25, -0.2) is 0 Å². The van der Waals surface area contributed by atoms with Gasteiger partial charge in [-0.2, -0.15) is 0 Å². The molecule has 37 heavy (non-hydrogen) atoms. The summed E-state index contributed by atoms with van der Waals surface area (Å²) >= 11 is 0.992. The molecule has 0 aliphatic carbocycles. The van der Waals surface area contributed by atoms with Gasteiger partial charge in [0.05, 0.1) is 16.6 Å². The van der Waals surface area contributed by atoms with E-state index in [2.05, 4.69) is 16.0 Å². The number of nitrogens with one attached hydrogen (secondary N) is 3. The lowest BCUT2D eigenvalue weighted by Gasteiger charge is -2.15. The lowest BCUT2D eigenvalue weighted by molar-refractivity contribution is -0.119. The molecular weight excluding hydrogens is 492 g/mol. The van der Waals surface area contributed by atoms with E-state index in [1.807, 2.05) is 38.1 Å². The van der Waals surface area contributed by atoms with Gasteiger partial charge in [0, 0.05) is 18.8 Å². The van der Waals surface area contributed by atoms with Crippen LogP contribution in [-0.4, -0.2) is 36.0 Å². The topological polar surface area (TPSA) is 132 Å². The Balaban J connectivity index is 1.32. The van der Waals surface area contributed by atoms with Crippen LogP contribution in [0.25, 0.3) is 0 Å². The minimum Gasteiger partial charge on any atom is -0.484 e. The van der Waals surface area contributed by atoms with E-state index in [1.165, 1.54) is 0 Å². The molecule has 0 radical (unpaired) electrons. The van der Waals surface area contributed by atoms with E-state index in [1.54, 1.807) is 37.4 Å². The summed E-state index contributed by atoms with van der Waals surface area (Å²) < 4.78 is 11.6. The number of imide groups is 1. The highest BCUT2D eigenvalue weighted by Crippen LogP contribution is 2.32. The molecule has 1 atom stereocenters. The van der Waals surface area contributed by atoms with Crippen LogP contribution in [0.2, 0.25) is 0 Å². The predicted octanol–water partition coefficient (Wildman–Crippen LogP) is 4.63. The fraction of sp³-hybridized carbons (Fsp3) is 0.222. The average Bonchev–Trinajstić information content (AvgIpc) is 3.19. The molecule has 10 heteroatoms. The first-order valence-electron chi connectivity index (χ1n) is 11.6. The van der Waals surface area contributed by atoms with Crippen LogP contribution in [-0.2, 0) is 16.0 Å². The molecule has 0 saturated carbocycles. The second kappa shape index (κ2) is 11.3. The number of hydrogen-bond donors (Lipinski definition) is 4. The van der Waals surface area contributed by atoms with Crippen LogP contribution in [0.15, 0.2) is 54.6 Å². The Labute approximate surface area is 219 Å². The monoisotopic (exact) mass is 520 g/mol. The number of carbonyl (C=O) groups excluding carboxylic acids is 3. The molecule has 3 amide bonds. The molecule has 0 aromatic heterocycles. The third-order valence-corrected chi connectivity index (χ3v) is 6.80. The summed E-state index contributed by atoms with van der Waals surface area (Å²) in [6, 6.07) is 16.2. The molecule has 0 bridgehead atoms. The van der Waals surface area contributed by atoms with E-state index in [9.17, 15) is 14.4 Å². The molecule has 1 aliphatic heterocycles. The minimum absolute atomic E-state index is 0.180. The molecule has 3 aromatic rings. The maximum atomic E-state index is 12.5. The third kappa shape index (κ3) is 6.53. The Kier molecular flexibility index (Phi) is 7.88. The summed E-state index contributed by atoms with van der Waals surface area (Å²) in [4.78, 5) is 35.6. The number of nitrogen functional groups attached to an aromatic ring is 1. The van der Waals surface area contributed by atoms with Crippen molar-refractivity contribution in [2.45, 2.75) is 25.5 Å². The molecule has 9 nitrogen and oxygen atoms in total. The molecule has 1 aliphatic rings. The van der Waals surface area contributed by atoms with Gasteiger partial charge in [0.2, 0.25) is 5.91 Å². The summed E-state index contributed by atoms with van der Waals surface area (Å²) in [7, 11) is 1.76. The SMILES string of the molecule is CNc1cc(Oc2cc(C)c(N)c(C)c2)ccc1NC(=O)COc1ccc(CC2SC(=O)NC2=O)cc1. The predicted molar refractivity (Wildman–Crippen MR) is 146 cm³/mol. The third-order valence-electron chi connectivity index (χ3n) is 5.82. The largest absolute Gasteiger partial charge is 0.484 e. The van der Waals surface area contributed by atoms with Gasteiger partial charge < -0.3 is 25.8 Å². The fourth-order valence-electron chi connectivity index (χ4n) is 3.83. The van der Waals surface area contributed by atoms with Gasteiger partial charge >= 0.3 is 0 Å². The van der Waals surface area contributed by atoms with Crippen LogP contribution >= 0.6 is 11.8 Å². The summed E-state index contributed by atoms with van der Waals surface area (Å²) in [5, 5.41) is 7.44. The summed E-state index contributed by atoms with van der Waals surface area (Å²) in [5.41, 5.74) is 10.8. The lowest BCUT2D eigenvalue weighted by atomic mass is 10.1. The molecule has 1 saturated heterocycles. The van der Waals surface area contributed by atoms with Gasteiger partial charge in [-0.1, -0.05) is 23.9 Å². The van der Waals surface area contributed by atoms with Gasteiger partial charge in [-0.15, -0.1) is 0 Å². The van der Waals surface area contributed by atoms with Crippen molar-refractivity contribution in [1.29, 1.82) is 0 Å². The number of nitrogens with two attached hydrogens (primary N) is 1. The first kappa shape index (κ1) is 25.9. The van der Waals surface area contributed by atoms with Crippen LogP contribution in [0, 0.1) is 13.8 Å². The Morgan fingerprint density at radius 3 is 2.27 bits per heavy atom. The normalized spacial score (nSPS) is 14.7. The van der Waals surface area contributed by atoms with Crippen molar-refractivity contribution in [1.82, 2.24) is 5.32 Å². The van der Waals surface area contributed by atoms with Crippen LogP contribution < -0.4 is 31.2 Å². The van der Waals surface area contributed by atoms with E-state index < -0.39 is 5.25 Å². The number of aryl methyl sites for hydroxylation is 2. The quantitative estimate of drug-likeness (QED) is 0.300. The highest BCUT2D eigenvalue weighted by molar-refractivity contribution is 8.15. The molecule has 1 unspecified atom stereocenters. The zero-order valence-corrected chi connectivity index (χ0v) is 21.5. The second-order valence-corrected chi connectivity index (χ2v) is 9.77. The molecular formula is C27H28N4O5S. The zero-order valence-electron chi connectivity index (χ0n) is 20.7. The molecule has 1 heterocycles. The van der Waals surface area contributed by atoms with Crippen LogP contribution in [0.1, 0.15) is 16.7 Å². The Bertz CT molecular complexity index is 1320. The van der Waals surface area contributed by atoms with E-state index >= 15 is 0 Å². The van der Waals surface area contributed by atoms with Crippen molar-refractivity contribution in [3.63, 3.8) is 0 Å². The maximum Gasteiger partial charge on any atom is 0.286 e. The number of thioether (sulfide) groups is 1. The maximum absolute atomic E-state index is 12.5. The smallest absolute Gasteiger partial charge is 0.286 e. The number of ether oxygens (including phenoxy) is 2. The molecule has 5 N–H and O–H groups in total. The van der Waals surface area contributed by atoms with E-state index in [0.29, 0.717) is 35.0 Å². The second-order valence-electron chi connectivity index (χ2n) is 8.60. The van der Waals surface area contributed by atoms with Crippen LogP contribution in [0.4, 0.5) is 21.9 Å². The Morgan fingerprint density at radius 1 is 0.973 bits per heavy atom. The van der Waals surface area contributed by atoms with Crippen molar-refractivity contribution in [3.8, 4) is 17.2 Å². The van der Waals surface area contributed by atoms with Crippen molar-refractivity contribution < 1.29 is 23.9 Å². The molecule has 1 fully saturated rings. The van der Waals surface area contributed by atoms with Crippen molar-refractivity contribution in [2.24, 2.45) is 0 Å². The molecule has 0 spiro atoms. The van der Waals surface area contributed by atoms with Gasteiger partial charge in [0.25, 0.3) is 11.1 Å². The van der Waals surface area contributed by atoms with E-state index in [4.69, 9.17) is 15.2 Å². The van der Waals surface area contributed by atoms with Gasteiger partial charge in [0.15, 0.2) is 6.61 Å². The number of hydrogen-bond acceptors (Lipinski definition) is 8. The van der Waals surface area contributed by atoms with E-state index in [-0.39, 0.29) is 23.7 Å².